The van der Waals surface area contributed by atoms with E-state index in [2.05, 4.69) is 10.4 Å². The average Bonchev–Trinajstić information content (AvgIpc) is 2.88. The van der Waals surface area contributed by atoms with Gasteiger partial charge in [-0.05, 0) is 24.6 Å². The van der Waals surface area contributed by atoms with Crippen LogP contribution >= 0.6 is 11.6 Å². The van der Waals surface area contributed by atoms with Gasteiger partial charge in [0.2, 0.25) is 0 Å². The number of hydrogen-bond donors (Lipinski definition) is 2. The van der Waals surface area contributed by atoms with Gasteiger partial charge in [0.05, 0.1) is 23.7 Å². The number of halogens is 2. The molecule has 23 heavy (non-hydrogen) atoms. The summed E-state index contributed by atoms with van der Waals surface area (Å²) in [6.07, 6.45) is 1.01. The van der Waals surface area contributed by atoms with Crippen molar-refractivity contribution in [1.29, 1.82) is 0 Å². The van der Waals surface area contributed by atoms with Crippen LogP contribution in [0.4, 0.5) is 4.39 Å². The van der Waals surface area contributed by atoms with Crippen molar-refractivity contribution >= 4 is 23.5 Å². The zero-order valence-corrected chi connectivity index (χ0v) is 13.0. The van der Waals surface area contributed by atoms with Crippen molar-refractivity contribution in [3.05, 3.63) is 52.6 Å². The molecule has 0 aliphatic carbocycles. The molecular formula is C15H15ClFN3O3. The molecule has 2 rings (SSSR count). The molecule has 0 radical (unpaired) electrons. The molecule has 6 nitrogen and oxygen atoms in total. The minimum absolute atomic E-state index is 0.159. The molecule has 122 valence electrons. The molecule has 0 aliphatic heterocycles. The van der Waals surface area contributed by atoms with Crippen molar-refractivity contribution in [3.8, 4) is 0 Å². The molecule has 8 heteroatoms. The summed E-state index contributed by atoms with van der Waals surface area (Å²) in [5.74, 6) is -2.07. The Kier molecular flexibility index (Phi) is 5.33. The summed E-state index contributed by atoms with van der Waals surface area (Å²) >= 11 is 5.96. The lowest BCUT2D eigenvalue weighted by Crippen LogP contribution is -2.32. The molecule has 0 spiro atoms. The van der Waals surface area contributed by atoms with Crippen LogP contribution in [0, 0.1) is 5.82 Å². The van der Waals surface area contributed by atoms with Gasteiger partial charge in [0.15, 0.2) is 0 Å². The van der Waals surface area contributed by atoms with Crippen molar-refractivity contribution < 1.29 is 19.1 Å². The van der Waals surface area contributed by atoms with Gasteiger partial charge in [-0.25, -0.2) is 4.39 Å². The molecule has 1 heterocycles. The van der Waals surface area contributed by atoms with Gasteiger partial charge in [-0.15, -0.1) is 0 Å². The quantitative estimate of drug-likeness (QED) is 0.847. The average molecular weight is 340 g/mol. The predicted octanol–water partition coefficient (Wildman–Crippen LogP) is 2.64. The summed E-state index contributed by atoms with van der Waals surface area (Å²) in [7, 11) is 0. The standard InChI is InChI=1S/C15H15ClFN3O3/c1-2-20-14(11(16)8-18-20)15(23)19-12(7-13(21)22)9-3-5-10(17)6-4-9/h3-6,8,12H,2,7H2,1H3,(H,19,23)(H,21,22). The molecule has 0 saturated carbocycles. The molecule has 1 aromatic carbocycles. The second-order valence-corrected chi connectivity index (χ2v) is 5.24. The smallest absolute Gasteiger partial charge is 0.305 e. The summed E-state index contributed by atoms with van der Waals surface area (Å²) < 4.78 is 14.4. The van der Waals surface area contributed by atoms with Crippen LogP contribution in [0.1, 0.15) is 35.4 Å². The van der Waals surface area contributed by atoms with Crippen molar-refractivity contribution in [2.24, 2.45) is 0 Å². The van der Waals surface area contributed by atoms with Crippen molar-refractivity contribution in [2.75, 3.05) is 0 Å². The Morgan fingerprint density at radius 3 is 2.61 bits per heavy atom. The van der Waals surface area contributed by atoms with Gasteiger partial charge in [-0.1, -0.05) is 23.7 Å². The fourth-order valence-corrected chi connectivity index (χ4v) is 2.40. The molecule has 2 aromatic rings. The van der Waals surface area contributed by atoms with Gasteiger partial charge in [-0.3, -0.25) is 14.3 Å². The SMILES string of the molecule is CCn1ncc(Cl)c1C(=O)NC(CC(=O)O)c1ccc(F)cc1. The molecule has 1 amide bonds. The number of aromatic nitrogens is 2. The van der Waals surface area contributed by atoms with Crippen LogP contribution in [-0.4, -0.2) is 26.8 Å². The minimum atomic E-state index is -1.09. The monoisotopic (exact) mass is 339 g/mol. The number of rotatable bonds is 6. The first-order chi connectivity index (χ1) is 10.9. The van der Waals surface area contributed by atoms with Gasteiger partial charge in [0.25, 0.3) is 5.91 Å². The van der Waals surface area contributed by atoms with E-state index >= 15 is 0 Å². The van der Waals surface area contributed by atoms with E-state index < -0.39 is 23.7 Å². The van der Waals surface area contributed by atoms with E-state index in [0.717, 1.165) is 0 Å². The molecule has 1 unspecified atom stereocenters. The number of aryl methyl sites for hydroxylation is 1. The number of amides is 1. The van der Waals surface area contributed by atoms with Gasteiger partial charge >= 0.3 is 5.97 Å². The summed E-state index contributed by atoms with van der Waals surface area (Å²) in [4.78, 5) is 23.5. The number of carbonyl (C=O) groups is 2. The number of nitrogens with one attached hydrogen (secondary N) is 1. The molecule has 1 aromatic heterocycles. The Bertz CT molecular complexity index is 715. The predicted molar refractivity (Wildman–Crippen MR) is 81.8 cm³/mol. The van der Waals surface area contributed by atoms with E-state index in [-0.39, 0.29) is 17.1 Å². The van der Waals surface area contributed by atoms with E-state index in [1.807, 2.05) is 0 Å². The lowest BCUT2D eigenvalue weighted by molar-refractivity contribution is -0.137. The number of nitrogens with zero attached hydrogens (tertiary/aromatic N) is 2. The third kappa shape index (κ3) is 4.07. The van der Waals surface area contributed by atoms with Crippen molar-refractivity contribution in [1.82, 2.24) is 15.1 Å². The molecule has 2 N–H and O–H groups in total. The lowest BCUT2D eigenvalue weighted by atomic mass is 10.0. The van der Waals surface area contributed by atoms with Crippen LogP contribution in [0.2, 0.25) is 5.02 Å². The molecule has 0 fully saturated rings. The first kappa shape index (κ1) is 17.0. The highest BCUT2D eigenvalue weighted by Crippen LogP contribution is 2.20. The van der Waals surface area contributed by atoms with E-state index in [1.165, 1.54) is 35.1 Å². The van der Waals surface area contributed by atoms with E-state index in [1.54, 1.807) is 6.92 Å². The second-order valence-electron chi connectivity index (χ2n) is 4.83. The summed E-state index contributed by atoms with van der Waals surface area (Å²) in [5.41, 5.74) is 0.646. The van der Waals surface area contributed by atoms with Gasteiger partial charge < -0.3 is 10.4 Å². The first-order valence-corrected chi connectivity index (χ1v) is 7.29. The van der Waals surface area contributed by atoms with Crippen molar-refractivity contribution in [3.63, 3.8) is 0 Å². The molecule has 1 atom stereocenters. The Balaban J connectivity index is 2.26. The normalized spacial score (nSPS) is 12.0. The maximum Gasteiger partial charge on any atom is 0.305 e. The fourth-order valence-electron chi connectivity index (χ4n) is 2.18. The second kappa shape index (κ2) is 7.23. The highest BCUT2D eigenvalue weighted by molar-refractivity contribution is 6.33. The lowest BCUT2D eigenvalue weighted by Gasteiger charge is -2.18. The number of hydrogen-bond acceptors (Lipinski definition) is 3. The van der Waals surface area contributed by atoms with Crippen LogP contribution in [0.3, 0.4) is 0 Å². The minimum Gasteiger partial charge on any atom is -0.481 e. The third-order valence-corrected chi connectivity index (χ3v) is 3.54. The van der Waals surface area contributed by atoms with Crippen LogP contribution in [0.15, 0.2) is 30.5 Å². The van der Waals surface area contributed by atoms with E-state index in [9.17, 15) is 14.0 Å². The Hall–Kier alpha value is -2.41. The van der Waals surface area contributed by atoms with Crippen LogP contribution in [0.25, 0.3) is 0 Å². The first-order valence-electron chi connectivity index (χ1n) is 6.91. The Morgan fingerprint density at radius 2 is 2.04 bits per heavy atom. The zero-order valence-electron chi connectivity index (χ0n) is 12.3. The molecule has 0 bridgehead atoms. The molecular weight excluding hydrogens is 325 g/mol. The number of aliphatic carboxylic acids is 1. The highest BCUT2D eigenvalue weighted by Gasteiger charge is 2.23. The number of carboxylic acid groups (broad SMARTS) is 1. The summed E-state index contributed by atoms with van der Waals surface area (Å²) in [5, 5.41) is 15.8. The highest BCUT2D eigenvalue weighted by atomic mass is 35.5. The van der Waals surface area contributed by atoms with E-state index in [0.29, 0.717) is 12.1 Å². The van der Waals surface area contributed by atoms with Gasteiger partial charge in [0, 0.05) is 6.54 Å². The third-order valence-electron chi connectivity index (χ3n) is 3.27. The van der Waals surface area contributed by atoms with Crippen LogP contribution < -0.4 is 5.32 Å². The van der Waals surface area contributed by atoms with Crippen LogP contribution in [-0.2, 0) is 11.3 Å². The maximum absolute atomic E-state index is 13.0. The van der Waals surface area contributed by atoms with E-state index in [4.69, 9.17) is 16.7 Å². The summed E-state index contributed by atoms with van der Waals surface area (Å²) in [6.45, 7) is 2.24. The van der Waals surface area contributed by atoms with Crippen LogP contribution in [0.5, 0.6) is 0 Å². The maximum atomic E-state index is 13.0. The number of benzene rings is 1. The fraction of sp³-hybridized carbons (Fsp3) is 0.267. The van der Waals surface area contributed by atoms with Gasteiger partial charge in [0.1, 0.15) is 11.5 Å². The Labute approximate surface area is 136 Å². The number of carboxylic acids is 1. The molecule has 0 aliphatic rings. The Morgan fingerprint density at radius 1 is 1.39 bits per heavy atom. The molecule has 0 saturated heterocycles. The van der Waals surface area contributed by atoms with Crippen molar-refractivity contribution in [2.45, 2.75) is 25.9 Å². The topological polar surface area (TPSA) is 84.2 Å². The number of carbonyl (C=O) groups excluding carboxylic acids is 1. The van der Waals surface area contributed by atoms with Gasteiger partial charge in [-0.2, -0.15) is 5.10 Å². The largest absolute Gasteiger partial charge is 0.481 e. The zero-order chi connectivity index (χ0) is 17.0. The summed E-state index contributed by atoms with van der Waals surface area (Å²) in [6, 6.07) is 4.47.